The molecule has 8 bridgehead atoms. The standard InChI is InChI=1S/C61H87N5O5/c1-13-46-41(8)50-34-52-43(10)48(29-30-56(67)71-32-31-40(7)26-20-25-39(6)24-19-23-38(5)22-18-21-37(3)4)59(65-52)49(33-57(68)70-12)60-58(61(69)62-45-27-16-15-17-28-45)44(11)53(66-60)36-55-47(14-2)42(9)51(64-55)35-54(46)63-50/h13,31,34-39,43,45,48,63-64H,1,14-30,32-33H2,2-12H3,(H,62,69). The molecule has 1 aliphatic carbocycles. The first-order chi connectivity index (χ1) is 34.0. The Hall–Kier alpha value is -5.25. The fraction of sp³-hybridized carbons (Fsp3) is 0.590. The zero-order chi connectivity index (χ0) is 51.4. The lowest BCUT2D eigenvalue weighted by Gasteiger charge is -2.23. The number of ether oxygens (including phenoxy) is 2. The lowest BCUT2D eigenvalue weighted by molar-refractivity contribution is -0.143. The Morgan fingerprint density at radius 3 is 2.14 bits per heavy atom. The minimum Gasteiger partial charge on any atom is -0.469 e. The van der Waals surface area contributed by atoms with Crippen LogP contribution in [0, 0.1) is 31.6 Å². The smallest absolute Gasteiger partial charge is 0.310 e. The minimum atomic E-state index is -0.465. The Morgan fingerprint density at radius 1 is 0.817 bits per heavy atom. The number of H-pyrrole nitrogens is 2. The largest absolute Gasteiger partial charge is 0.469 e. The van der Waals surface area contributed by atoms with Crippen molar-refractivity contribution >= 4 is 57.1 Å². The molecule has 3 aromatic heterocycles. The van der Waals surface area contributed by atoms with Crippen LogP contribution in [0.2, 0.25) is 0 Å². The van der Waals surface area contributed by atoms with E-state index in [-0.39, 0.29) is 49.2 Å². The first-order valence-electron chi connectivity index (χ1n) is 27.3. The van der Waals surface area contributed by atoms with E-state index in [2.05, 4.69) is 96.3 Å². The third-order valence-corrected chi connectivity index (χ3v) is 15.9. The number of nitrogens with one attached hydrogen (secondary N) is 3. The first-order valence-corrected chi connectivity index (χ1v) is 27.3. The molecule has 5 heterocycles. The highest BCUT2D eigenvalue weighted by Crippen LogP contribution is 2.44. The van der Waals surface area contributed by atoms with Crippen molar-refractivity contribution in [1.82, 2.24) is 25.3 Å². The van der Waals surface area contributed by atoms with E-state index in [4.69, 9.17) is 19.4 Å². The highest BCUT2D eigenvalue weighted by atomic mass is 16.5. The number of hydrogen-bond donors (Lipinski definition) is 3. The molecule has 3 aromatic rings. The average molecular weight is 970 g/mol. The molecule has 2 aliphatic heterocycles. The van der Waals surface area contributed by atoms with Gasteiger partial charge in [-0.15, -0.1) is 0 Å². The summed E-state index contributed by atoms with van der Waals surface area (Å²) in [5.41, 5.74) is 13.5. The molecule has 3 N–H and O–H groups in total. The van der Waals surface area contributed by atoms with Crippen molar-refractivity contribution in [2.75, 3.05) is 13.7 Å². The van der Waals surface area contributed by atoms with Crippen molar-refractivity contribution in [2.24, 2.45) is 17.8 Å². The van der Waals surface area contributed by atoms with E-state index in [1.165, 1.54) is 57.6 Å². The van der Waals surface area contributed by atoms with E-state index in [1.807, 2.05) is 25.1 Å². The molecule has 1 saturated carbocycles. The van der Waals surface area contributed by atoms with E-state index in [1.54, 1.807) is 0 Å². The van der Waals surface area contributed by atoms with Gasteiger partial charge in [0.1, 0.15) is 6.61 Å². The van der Waals surface area contributed by atoms with Crippen LogP contribution in [0.5, 0.6) is 0 Å². The second-order valence-corrected chi connectivity index (χ2v) is 21.9. The SMILES string of the molecule is C=Cc1c(C)c2cc3nc(c(CC(=O)OC)c4nc(cc5[nH]c(cc1[nH]2)c(C)c5CC)C(C)=C4C(=O)NC1CCCCC1)C(CCC(=O)OCC=C(C)CCCC(C)CCCC(C)CCCC(C)C)C3C. The molecule has 71 heavy (non-hydrogen) atoms. The van der Waals surface area contributed by atoms with Crippen molar-refractivity contribution in [1.29, 1.82) is 0 Å². The topological polar surface area (TPSA) is 139 Å². The van der Waals surface area contributed by atoms with Gasteiger partial charge in [0.2, 0.25) is 0 Å². The summed E-state index contributed by atoms with van der Waals surface area (Å²) in [6.07, 6.45) is 21.6. The Bertz CT molecular complexity index is 2600. The van der Waals surface area contributed by atoms with E-state index < -0.39 is 5.97 Å². The Balaban J connectivity index is 1.31. The van der Waals surface area contributed by atoms with E-state index in [0.717, 1.165) is 119 Å². The van der Waals surface area contributed by atoms with Gasteiger partial charge in [0.05, 0.1) is 36.2 Å². The normalized spacial score (nSPS) is 17.4. The molecule has 10 heteroatoms. The maximum absolute atomic E-state index is 14.7. The van der Waals surface area contributed by atoms with Gasteiger partial charge in [0, 0.05) is 63.2 Å². The number of esters is 2. The number of aromatic nitrogens is 4. The molecule has 386 valence electrons. The Labute approximate surface area is 425 Å². The van der Waals surface area contributed by atoms with Gasteiger partial charge in [-0.3, -0.25) is 19.4 Å². The first kappa shape index (κ1) is 55.1. The number of aryl methyl sites for hydroxylation is 3. The summed E-state index contributed by atoms with van der Waals surface area (Å²) in [4.78, 5) is 60.0. The van der Waals surface area contributed by atoms with Crippen molar-refractivity contribution in [3.63, 3.8) is 0 Å². The molecule has 0 aromatic carbocycles. The highest BCUT2D eigenvalue weighted by Gasteiger charge is 2.36. The van der Waals surface area contributed by atoms with Crippen molar-refractivity contribution in [3.05, 3.63) is 87.0 Å². The van der Waals surface area contributed by atoms with Crippen LogP contribution in [-0.2, 0) is 36.7 Å². The van der Waals surface area contributed by atoms with Crippen LogP contribution in [0.15, 0.2) is 36.4 Å². The maximum Gasteiger partial charge on any atom is 0.310 e. The summed E-state index contributed by atoms with van der Waals surface area (Å²) in [7, 11) is 1.38. The number of fused-ring (bicyclic) bond motifs is 8. The van der Waals surface area contributed by atoms with Crippen LogP contribution in [-0.4, -0.2) is 57.5 Å². The Morgan fingerprint density at radius 2 is 1.48 bits per heavy atom. The van der Waals surface area contributed by atoms with Crippen molar-refractivity contribution < 1.29 is 23.9 Å². The molecule has 6 rings (SSSR count). The molecular weight excluding hydrogens is 883 g/mol. The second-order valence-electron chi connectivity index (χ2n) is 21.9. The van der Waals surface area contributed by atoms with Crippen LogP contribution in [0.1, 0.15) is 221 Å². The fourth-order valence-corrected chi connectivity index (χ4v) is 11.3. The monoisotopic (exact) mass is 970 g/mol. The predicted molar refractivity (Wildman–Crippen MR) is 293 cm³/mol. The molecule has 0 saturated heterocycles. The van der Waals surface area contributed by atoms with Gasteiger partial charge < -0.3 is 24.8 Å². The van der Waals surface area contributed by atoms with Gasteiger partial charge in [-0.1, -0.05) is 124 Å². The summed E-state index contributed by atoms with van der Waals surface area (Å²) in [6.45, 7) is 26.4. The predicted octanol–water partition coefficient (Wildman–Crippen LogP) is 14.8. The summed E-state index contributed by atoms with van der Waals surface area (Å²) < 4.78 is 11.2. The second kappa shape index (κ2) is 25.9. The lowest BCUT2D eigenvalue weighted by Crippen LogP contribution is -2.36. The van der Waals surface area contributed by atoms with Gasteiger partial charge in [0.25, 0.3) is 5.91 Å². The number of aromatic amines is 2. The molecule has 1 amide bonds. The molecular formula is C61H87N5O5. The van der Waals surface area contributed by atoms with Crippen LogP contribution in [0.3, 0.4) is 0 Å². The molecule has 10 nitrogen and oxygen atoms in total. The van der Waals surface area contributed by atoms with Crippen molar-refractivity contribution in [3.8, 4) is 0 Å². The van der Waals surface area contributed by atoms with Crippen LogP contribution in [0.4, 0.5) is 0 Å². The van der Waals surface area contributed by atoms with Crippen LogP contribution < -0.4 is 5.32 Å². The number of hydrogen-bond acceptors (Lipinski definition) is 7. The van der Waals surface area contributed by atoms with Gasteiger partial charge >= 0.3 is 11.9 Å². The number of amides is 1. The zero-order valence-corrected chi connectivity index (χ0v) is 45.4. The third-order valence-electron chi connectivity index (χ3n) is 15.9. The van der Waals surface area contributed by atoms with Gasteiger partial charge in [-0.2, -0.15) is 0 Å². The minimum absolute atomic E-state index is 0.0546. The number of rotatable bonds is 23. The lowest BCUT2D eigenvalue weighted by atomic mass is 9.84. The molecule has 0 spiro atoms. The van der Waals surface area contributed by atoms with E-state index >= 15 is 0 Å². The Kier molecular flexibility index (Phi) is 20.1. The average Bonchev–Trinajstić information content (AvgIpc) is 4.02. The number of allylic oxidation sites excluding steroid dienone is 2. The summed E-state index contributed by atoms with van der Waals surface area (Å²) in [5, 5.41) is 3.36. The third kappa shape index (κ3) is 14.3. The highest BCUT2D eigenvalue weighted by molar-refractivity contribution is 6.27. The number of carbonyl (C=O) groups is 3. The van der Waals surface area contributed by atoms with Crippen LogP contribution >= 0.6 is 0 Å². The van der Waals surface area contributed by atoms with Gasteiger partial charge in [0.15, 0.2) is 0 Å². The molecule has 4 unspecified atom stereocenters. The fourth-order valence-electron chi connectivity index (χ4n) is 11.3. The summed E-state index contributed by atoms with van der Waals surface area (Å²) >= 11 is 0. The number of nitrogens with zero attached hydrogens (tertiary/aromatic N) is 2. The van der Waals surface area contributed by atoms with E-state index in [0.29, 0.717) is 40.6 Å². The number of carbonyl (C=O) groups excluding carboxylic acids is 3. The molecule has 4 atom stereocenters. The van der Waals surface area contributed by atoms with Gasteiger partial charge in [-0.25, -0.2) is 4.98 Å². The molecule has 0 radical (unpaired) electrons. The van der Waals surface area contributed by atoms with Gasteiger partial charge in [-0.05, 0) is 131 Å². The molecule has 3 aliphatic rings. The van der Waals surface area contributed by atoms with Crippen molar-refractivity contribution in [2.45, 2.75) is 203 Å². The van der Waals surface area contributed by atoms with Crippen LogP contribution in [0.25, 0.3) is 39.3 Å². The zero-order valence-electron chi connectivity index (χ0n) is 45.4. The van der Waals surface area contributed by atoms with E-state index in [9.17, 15) is 14.4 Å². The quantitative estimate of drug-likeness (QED) is 0.0635. The molecule has 1 fully saturated rings. The summed E-state index contributed by atoms with van der Waals surface area (Å²) in [5.74, 6) is 0.914. The summed E-state index contributed by atoms with van der Waals surface area (Å²) in [6, 6.07) is 6.31. The maximum atomic E-state index is 14.7. The number of methoxy groups -OCH3 is 1.